The van der Waals surface area contributed by atoms with Gasteiger partial charge < -0.3 is 15.2 Å². The predicted molar refractivity (Wildman–Crippen MR) is 57.7 cm³/mol. The lowest BCUT2D eigenvalue weighted by molar-refractivity contribution is 0.0476. The number of nitrogens with one attached hydrogen (secondary N) is 1. The number of rotatable bonds is 1. The summed E-state index contributed by atoms with van der Waals surface area (Å²) in [6.07, 6.45) is 0.551. The van der Waals surface area contributed by atoms with Crippen LogP contribution in [-0.4, -0.2) is 28.9 Å². The van der Waals surface area contributed by atoms with Crippen molar-refractivity contribution in [3.05, 3.63) is 0 Å². The maximum atomic E-state index is 11.6. The SMILES string of the molecule is CC(C)(C)OC(=O)N[C@H]1[C@@H]2C[C@H]3[C@H]1[C@H]3[C@@H]2O. The number of ether oxygens (including phenoxy) is 1. The van der Waals surface area contributed by atoms with Crippen molar-refractivity contribution in [3.8, 4) is 0 Å². The molecule has 4 aliphatic rings. The fourth-order valence-electron chi connectivity index (χ4n) is 3.76. The van der Waals surface area contributed by atoms with E-state index in [-0.39, 0.29) is 24.2 Å². The summed E-state index contributed by atoms with van der Waals surface area (Å²) in [5.41, 5.74) is -0.451. The van der Waals surface area contributed by atoms with Crippen LogP contribution in [0.15, 0.2) is 0 Å². The third kappa shape index (κ3) is 1.35. The van der Waals surface area contributed by atoms with E-state index in [1.807, 2.05) is 20.8 Å². The summed E-state index contributed by atoms with van der Waals surface area (Å²) in [7, 11) is 0. The first kappa shape index (κ1) is 10.4. The Morgan fingerprint density at radius 3 is 2.38 bits per heavy atom. The molecule has 0 aromatic carbocycles. The van der Waals surface area contributed by atoms with Crippen molar-refractivity contribution < 1.29 is 14.6 Å². The van der Waals surface area contributed by atoms with Gasteiger partial charge in [0.15, 0.2) is 0 Å². The first-order valence-corrected chi connectivity index (χ1v) is 6.06. The van der Waals surface area contributed by atoms with Crippen LogP contribution in [0.1, 0.15) is 27.2 Å². The molecular formula is C12H19NO3. The Morgan fingerprint density at radius 2 is 2.00 bits per heavy atom. The van der Waals surface area contributed by atoms with Crippen LogP contribution in [0.5, 0.6) is 0 Å². The molecule has 16 heavy (non-hydrogen) atoms. The molecule has 4 nitrogen and oxygen atoms in total. The monoisotopic (exact) mass is 225 g/mol. The molecule has 0 aliphatic heterocycles. The van der Waals surface area contributed by atoms with Crippen LogP contribution in [0.4, 0.5) is 4.79 Å². The van der Waals surface area contributed by atoms with Gasteiger partial charge >= 0.3 is 6.09 Å². The van der Waals surface area contributed by atoms with Gasteiger partial charge in [-0.2, -0.15) is 0 Å². The van der Waals surface area contributed by atoms with Crippen molar-refractivity contribution in [2.75, 3.05) is 0 Å². The van der Waals surface area contributed by atoms with Gasteiger partial charge in [-0.3, -0.25) is 0 Å². The lowest BCUT2D eigenvalue weighted by atomic mass is 10.1. The number of amides is 1. The van der Waals surface area contributed by atoms with Crippen molar-refractivity contribution in [3.63, 3.8) is 0 Å². The van der Waals surface area contributed by atoms with Crippen LogP contribution in [-0.2, 0) is 4.74 Å². The smallest absolute Gasteiger partial charge is 0.407 e. The van der Waals surface area contributed by atoms with Crippen molar-refractivity contribution in [2.24, 2.45) is 23.7 Å². The van der Waals surface area contributed by atoms with Gasteiger partial charge in [0.1, 0.15) is 5.60 Å². The first-order chi connectivity index (χ1) is 7.38. The summed E-state index contributed by atoms with van der Waals surface area (Å²) < 4.78 is 5.24. The van der Waals surface area contributed by atoms with E-state index >= 15 is 0 Å². The Bertz CT molecular complexity index is 336. The van der Waals surface area contributed by atoms with Gasteiger partial charge in [0.05, 0.1) is 6.10 Å². The molecule has 6 atom stereocenters. The fourth-order valence-corrected chi connectivity index (χ4v) is 3.76. The molecule has 0 spiro atoms. The molecule has 4 heteroatoms. The average Bonchev–Trinajstić information content (AvgIpc) is 2.43. The third-order valence-corrected chi connectivity index (χ3v) is 4.23. The molecule has 0 unspecified atom stereocenters. The molecule has 1 amide bonds. The van der Waals surface area contributed by atoms with E-state index in [4.69, 9.17) is 4.74 Å². The molecule has 4 saturated carbocycles. The van der Waals surface area contributed by atoms with Gasteiger partial charge in [-0.25, -0.2) is 4.79 Å². The van der Waals surface area contributed by atoms with E-state index in [0.29, 0.717) is 17.8 Å². The molecule has 2 N–H and O–H groups in total. The number of aliphatic hydroxyl groups is 1. The predicted octanol–water partition coefficient (Wildman–Crippen LogP) is 1.14. The summed E-state index contributed by atoms with van der Waals surface area (Å²) in [5, 5.41) is 12.8. The van der Waals surface area contributed by atoms with Gasteiger partial charge in [0, 0.05) is 12.0 Å². The maximum Gasteiger partial charge on any atom is 0.407 e. The fraction of sp³-hybridized carbons (Fsp3) is 0.917. The lowest BCUT2D eigenvalue weighted by Crippen LogP contribution is -2.42. The third-order valence-electron chi connectivity index (χ3n) is 4.23. The summed E-state index contributed by atoms with van der Waals surface area (Å²) in [5.74, 6) is 1.92. The molecule has 0 aromatic heterocycles. The average molecular weight is 225 g/mol. The second-order valence-corrected chi connectivity index (χ2v) is 6.38. The van der Waals surface area contributed by atoms with Gasteiger partial charge in [0.25, 0.3) is 0 Å². The molecule has 0 aromatic rings. The van der Waals surface area contributed by atoms with E-state index < -0.39 is 5.60 Å². The van der Waals surface area contributed by atoms with Gasteiger partial charge in [-0.05, 0) is 44.9 Å². The summed E-state index contributed by atoms with van der Waals surface area (Å²) in [6, 6.07) is 0.153. The molecule has 4 bridgehead atoms. The zero-order chi connectivity index (χ0) is 11.7. The van der Waals surface area contributed by atoms with Crippen LogP contribution in [0.25, 0.3) is 0 Å². The van der Waals surface area contributed by atoms with Crippen molar-refractivity contribution >= 4 is 6.09 Å². The molecule has 4 aliphatic carbocycles. The molecule has 4 fully saturated rings. The number of hydrogen-bond acceptors (Lipinski definition) is 3. The van der Waals surface area contributed by atoms with Crippen molar-refractivity contribution in [2.45, 2.75) is 44.9 Å². The second kappa shape index (κ2) is 2.92. The lowest BCUT2D eigenvalue weighted by Gasteiger charge is -2.23. The second-order valence-electron chi connectivity index (χ2n) is 6.38. The van der Waals surface area contributed by atoms with E-state index in [2.05, 4.69) is 5.32 Å². The minimum Gasteiger partial charge on any atom is -0.444 e. The summed E-state index contributed by atoms with van der Waals surface area (Å²) in [4.78, 5) is 11.6. The van der Waals surface area contributed by atoms with Crippen LogP contribution in [0, 0.1) is 23.7 Å². The minimum absolute atomic E-state index is 0.153. The van der Waals surface area contributed by atoms with Gasteiger partial charge in [-0.15, -0.1) is 0 Å². The Balaban J connectivity index is 1.59. The standard InChI is InChI=1S/C12H19NO3/c1-12(2,3)16-11(15)13-9-6-4-5-7(9)8(5)10(6)14/h5-10,14H,4H2,1-3H3,(H,13,15)/t5-,6-,7-,8-,9-,10+/m0/s1. The molecule has 4 rings (SSSR count). The molecule has 0 saturated heterocycles. The van der Waals surface area contributed by atoms with E-state index in [0.717, 1.165) is 6.42 Å². The Labute approximate surface area is 95.4 Å². The maximum absolute atomic E-state index is 11.6. The number of carbonyl (C=O) groups excluding carboxylic acids is 1. The largest absolute Gasteiger partial charge is 0.444 e. The summed E-state index contributed by atoms with van der Waals surface area (Å²) >= 11 is 0. The number of aliphatic hydroxyl groups excluding tert-OH is 1. The summed E-state index contributed by atoms with van der Waals surface area (Å²) in [6.45, 7) is 5.57. The highest BCUT2D eigenvalue weighted by atomic mass is 16.6. The number of hydrogen-bond donors (Lipinski definition) is 2. The van der Waals surface area contributed by atoms with E-state index in [1.165, 1.54) is 0 Å². The Hall–Kier alpha value is -0.770. The van der Waals surface area contributed by atoms with E-state index in [1.54, 1.807) is 0 Å². The van der Waals surface area contributed by atoms with Gasteiger partial charge in [-0.1, -0.05) is 0 Å². The first-order valence-electron chi connectivity index (χ1n) is 6.06. The zero-order valence-electron chi connectivity index (χ0n) is 9.93. The number of carbonyl (C=O) groups is 1. The van der Waals surface area contributed by atoms with Crippen LogP contribution >= 0.6 is 0 Å². The van der Waals surface area contributed by atoms with E-state index in [9.17, 15) is 9.90 Å². The van der Waals surface area contributed by atoms with Gasteiger partial charge in [0.2, 0.25) is 0 Å². The minimum atomic E-state index is -0.451. The quantitative estimate of drug-likeness (QED) is 0.703. The molecule has 90 valence electrons. The van der Waals surface area contributed by atoms with Crippen molar-refractivity contribution in [1.82, 2.24) is 5.32 Å². The highest BCUT2D eigenvalue weighted by Crippen LogP contribution is 2.70. The normalized spacial score (nSPS) is 48.0. The molecule has 0 heterocycles. The molecular weight excluding hydrogens is 206 g/mol. The molecule has 0 radical (unpaired) electrons. The highest BCUT2D eigenvalue weighted by molar-refractivity contribution is 5.68. The van der Waals surface area contributed by atoms with Crippen LogP contribution < -0.4 is 5.32 Å². The van der Waals surface area contributed by atoms with Crippen molar-refractivity contribution in [1.29, 1.82) is 0 Å². The topological polar surface area (TPSA) is 58.6 Å². The Morgan fingerprint density at radius 1 is 1.31 bits per heavy atom. The highest BCUT2D eigenvalue weighted by Gasteiger charge is 2.73. The van der Waals surface area contributed by atoms with Crippen LogP contribution in [0.3, 0.4) is 0 Å². The van der Waals surface area contributed by atoms with Crippen LogP contribution in [0.2, 0.25) is 0 Å². The number of alkyl carbamates (subject to hydrolysis) is 1. The zero-order valence-corrected chi connectivity index (χ0v) is 9.93. The Kier molecular flexibility index (Phi) is 1.89.